The van der Waals surface area contributed by atoms with Crippen LogP contribution in [0, 0.1) is 6.92 Å². The highest BCUT2D eigenvalue weighted by atomic mass is 32.1. The van der Waals surface area contributed by atoms with Gasteiger partial charge in [-0.1, -0.05) is 12.1 Å². The van der Waals surface area contributed by atoms with E-state index in [1.165, 1.54) is 17.4 Å². The van der Waals surface area contributed by atoms with Gasteiger partial charge in [-0.25, -0.2) is 4.98 Å². The predicted molar refractivity (Wildman–Crippen MR) is 87.0 cm³/mol. The summed E-state index contributed by atoms with van der Waals surface area (Å²) >= 11 is 1.54. The fourth-order valence-corrected chi connectivity index (χ4v) is 3.13. The van der Waals surface area contributed by atoms with Crippen LogP contribution in [0.2, 0.25) is 0 Å². The van der Waals surface area contributed by atoms with Gasteiger partial charge in [0.05, 0.1) is 20.8 Å². The quantitative estimate of drug-likeness (QED) is 0.753. The maximum Gasteiger partial charge on any atom is 0.416 e. The molecule has 1 aromatic heterocycles. The molecule has 1 N–H and O–H groups in total. The second-order valence-corrected chi connectivity index (χ2v) is 6.53. The third-order valence-corrected chi connectivity index (χ3v) is 4.42. The number of hydrogen-bond acceptors (Lipinski definition) is 3. The van der Waals surface area contributed by atoms with E-state index in [2.05, 4.69) is 10.3 Å². The highest BCUT2D eigenvalue weighted by Crippen LogP contribution is 2.29. The van der Waals surface area contributed by atoms with Gasteiger partial charge in [0.25, 0.3) is 5.91 Å². The molecule has 0 saturated heterocycles. The second-order valence-electron chi connectivity index (χ2n) is 5.30. The number of carbonyl (C=O) groups is 1. The first-order valence-electron chi connectivity index (χ1n) is 7.14. The van der Waals surface area contributed by atoms with E-state index in [4.69, 9.17) is 0 Å². The van der Waals surface area contributed by atoms with Crippen LogP contribution >= 0.6 is 11.3 Å². The van der Waals surface area contributed by atoms with Crippen LogP contribution in [0.3, 0.4) is 0 Å². The van der Waals surface area contributed by atoms with E-state index in [0.29, 0.717) is 11.1 Å². The van der Waals surface area contributed by atoms with Crippen molar-refractivity contribution in [3.05, 3.63) is 64.2 Å². The molecule has 0 aliphatic heterocycles. The molecule has 2 aromatic carbocycles. The van der Waals surface area contributed by atoms with Crippen LogP contribution < -0.4 is 5.32 Å². The Morgan fingerprint density at radius 3 is 2.75 bits per heavy atom. The average Bonchev–Trinajstić information content (AvgIpc) is 2.91. The SMILES string of the molecule is Cc1nc2cc(C(=O)NCc3cccc(C(F)(F)F)c3)ccc2s1. The maximum absolute atomic E-state index is 12.7. The van der Waals surface area contributed by atoms with E-state index in [1.807, 2.05) is 13.0 Å². The molecule has 1 amide bonds. The van der Waals surface area contributed by atoms with E-state index in [9.17, 15) is 18.0 Å². The summed E-state index contributed by atoms with van der Waals surface area (Å²) in [6, 6.07) is 10.1. The number of fused-ring (bicyclic) bond motifs is 1. The van der Waals surface area contributed by atoms with Crippen molar-refractivity contribution >= 4 is 27.5 Å². The van der Waals surface area contributed by atoms with E-state index >= 15 is 0 Å². The van der Waals surface area contributed by atoms with Crippen LogP contribution in [0.5, 0.6) is 0 Å². The minimum Gasteiger partial charge on any atom is -0.348 e. The minimum atomic E-state index is -4.40. The lowest BCUT2D eigenvalue weighted by atomic mass is 10.1. The summed E-state index contributed by atoms with van der Waals surface area (Å²) in [6.07, 6.45) is -4.40. The summed E-state index contributed by atoms with van der Waals surface area (Å²) in [5.41, 5.74) is 0.835. The molecule has 0 aliphatic rings. The molecule has 3 aromatic rings. The Morgan fingerprint density at radius 1 is 1.21 bits per heavy atom. The van der Waals surface area contributed by atoms with E-state index < -0.39 is 11.7 Å². The van der Waals surface area contributed by atoms with Crippen LogP contribution in [0.1, 0.15) is 26.5 Å². The van der Waals surface area contributed by atoms with Gasteiger partial charge in [0, 0.05) is 12.1 Å². The zero-order valence-corrected chi connectivity index (χ0v) is 13.5. The molecule has 0 saturated carbocycles. The van der Waals surface area contributed by atoms with E-state index in [1.54, 1.807) is 18.2 Å². The van der Waals surface area contributed by atoms with Crippen LogP contribution in [0.15, 0.2) is 42.5 Å². The Hall–Kier alpha value is -2.41. The third kappa shape index (κ3) is 3.56. The molecule has 7 heteroatoms. The molecule has 0 bridgehead atoms. The topological polar surface area (TPSA) is 42.0 Å². The molecule has 0 aliphatic carbocycles. The monoisotopic (exact) mass is 350 g/mol. The predicted octanol–water partition coefficient (Wildman–Crippen LogP) is 4.55. The van der Waals surface area contributed by atoms with Gasteiger partial charge < -0.3 is 5.32 Å². The number of thiazole rings is 1. The number of nitrogens with one attached hydrogen (secondary N) is 1. The van der Waals surface area contributed by atoms with Crippen molar-refractivity contribution in [3.63, 3.8) is 0 Å². The number of hydrogen-bond donors (Lipinski definition) is 1. The zero-order chi connectivity index (χ0) is 17.3. The average molecular weight is 350 g/mol. The molecule has 124 valence electrons. The summed E-state index contributed by atoms with van der Waals surface area (Å²) in [5.74, 6) is -0.347. The van der Waals surface area contributed by atoms with Crippen molar-refractivity contribution < 1.29 is 18.0 Å². The first-order chi connectivity index (χ1) is 11.3. The number of rotatable bonds is 3. The first-order valence-corrected chi connectivity index (χ1v) is 7.96. The summed E-state index contributed by atoms with van der Waals surface area (Å²) < 4.78 is 39.1. The normalized spacial score (nSPS) is 11.7. The van der Waals surface area contributed by atoms with E-state index in [0.717, 1.165) is 27.4 Å². The van der Waals surface area contributed by atoms with Gasteiger partial charge in [-0.05, 0) is 42.8 Å². The Morgan fingerprint density at radius 2 is 2.00 bits per heavy atom. The molecule has 0 radical (unpaired) electrons. The molecule has 24 heavy (non-hydrogen) atoms. The fraction of sp³-hybridized carbons (Fsp3) is 0.176. The van der Waals surface area contributed by atoms with Gasteiger partial charge in [-0.2, -0.15) is 13.2 Å². The Balaban J connectivity index is 1.72. The number of aromatic nitrogens is 1. The lowest BCUT2D eigenvalue weighted by Crippen LogP contribution is -2.23. The summed E-state index contributed by atoms with van der Waals surface area (Å²) in [6.45, 7) is 1.91. The van der Waals surface area contributed by atoms with Crippen molar-refractivity contribution in [1.29, 1.82) is 0 Å². The lowest BCUT2D eigenvalue weighted by Gasteiger charge is -2.09. The van der Waals surface area contributed by atoms with Gasteiger partial charge in [-0.3, -0.25) is 4.79 Å². The lowest BCUT2D eigenvalue weighted by molar-refractivity contribution is -0.137. The number of amides is 1. The van der Waals surface area contributed by atoms with Gasteiger partial charge in [0.2, 0.25) is 0 Å². The smallest absolute Gasteiger partial charge is 0.348 e. The summed E-state index contributed by atoms with van der Waals surface area (Å²) in [7, 11) is 0. The number of alkyl halides is 3. The largest absolute Gasteiger partial charge is 0.416 e. The number of aryl methyl sites for hydroxylation is 1. The van der Waals surface area contributed by atoms with Crippen molar-refractivity contribution in [1.82, 2.24) is 10.3 Å². The standard InChI is InChI=1S/C17H13F3N2OS/c1-10-22-14-8-12(5-6-15(14)24-10)16(23)21-9-11-3-2-4-13(7-11)17(18,19)20/h2-8H,9H2,1H3,(H,21,23). The number of carbonyl (C=O) groups excluding carboxylic acids is 1. The van der Waals surface area contributed by atoms with Crippen molar-refractivity contribution in [2.24, 2.45) is 0 Å². The molecule has 3 rings (SSSR count). The van der Waals surface area contributed by atoms with Gasteiger partial charge in [0.15, 0.2) is 0 Å². The summed E-state index contributed by atoms with van der Waals surface area (Å²) in [4.78, 5) is 16.5. The zero-order valence-electron chi connectivity index (χ0n) is 12.6. The maximum atomic E-state index is 12.7. The molecule has 0 spiro atoms. The molecular formula is C17H13F3N2OS. The Bertz CT molecular complexity index is 902. The van der Waals surface area contributed by atoms with Gasteiger partial charge >= 0.3 is 6.18 Å². The fourth-order valence-electron chi connectivity index (χ4n) is 2.33. The van der Waals surface area contributed by atoms with Gasteiger partial charge in [0.1, 0.15) is 0 Å². The number of benzene rings is 2. The van der Waals surface area contributed by atoms with Crippen molar-refractivity contribution in [3.8, 4) is 0 Å². The van der Waals surface area contributed by atoms with Crippen LogP contribution in [-0.2, 0) is 12.7 Å². The first kappa shape index (κ1) is 16.4. The van der Waals surface area contributed by atoms with Crippen molar-refractivity contribution in [2.75, 3.05) is 0 Å². The van der Waals surface area contributed by atoms with Gasteiger partial charge in [-0.15, -0.1) is 11.3 Å². The Labute approximate surface area is 140 Å². The number of halogens is 3. The third-order valence-electron chi connectivity index (χ3n) is 3.46. The summed E-state index contributed by atoms with van der Waals surface area (Å²) in [5, 5.41) is 3.54. The Kier molecular flexibility index (Phi) is 4.28. The molecule has 3 nitrogen and oxygen atoms in total. The highest BCUT2D eigenvalue weighted by molar-refractivity contribution is 7.18. The molecular weight excluding hydrogens is 337 g/mol. The molecule has 0 atom stereocenters. The van der Waals surface area contributed by atoms with E-state index in [-0.39, 0.29) is 12.5 Å². The second kappa shape index (κ2) is 6.24. The number of nitrogens with zero attached hydrogens (tertiary/aromatic N) is 1. The van der Waals surface area contributed by atoms with Crippen LogP contribution in [-0.4, -0.2) is 10.9 Å². The minimum absolute atomic E-state index is 0.0247. The van der Waals surface area contributed by atoms with Crippen LogP contribution in [0.25, 0.3) is 10.2 Å². The van der Waals surface area contributed by atoms with Crippen LogP contribution in [0.4, 0.5) is 13.2 Å². The van der Waals surface area contributed by atoms with Crippen molar-refractivity contribution in [2.45, 2.75) is 19.6 Å². The molecule has 1 heterocycles. The molecule has 0 fully saturated rings. The highest BCUT2D eigenvalue weighted by Gasteiger charge is 2.30. The molecule has 0 unspecified atom stereocenters.